The zero-order valence-corrected chi connectivity index (χ0v) is 19.0. The van der Waals surface area contributed by atoms with E-state index in [-0.39, 0.29) is 17.6 Å². The van der Waals surface area contributed by atoms with Gasteiger partial charge in [-0.15, -0.1) is 0 Å². The molecule has 3 heterocycles. The number of para-hydroxylation sites is 1. The van der Waals surface area contributed by atoms with E-state index < -0.39 is 0 Å². The minimum absolute atomic E-state index is 0.0134. The summed E-state index contributed by atoms with van der Waals surface area (Å²) < 4.78 is 13.1. The highest BCUT2D eigenvalue weighted by Gasteiger charge is 2.24. The van der Waals surface area contributed by atoms with E-state index in [4.69, 9.17) is 0 Å². The molecule has 8 heteroatoms. The number of benzene rings is 1. The average Bonchev–Trinajstić information content (AvgIpc) is 2.81. The molecule has 2 aromatic heterocycles. The lowest BCUT2D eigenvalue weighted by Gasteiger charge is -2.31. The molecule has 0 radical (unpaired) electrons. The van der Waals surface area contributed by atoms with Crippen molar-refractivity contribution in [3.05, 3.63) is 71.6 Å². The van der Waals surface area contributed by atoms with Gasteiger partial charge in [-0.1, -0.05) is 25.1 Å². The van der Waals surface area contributed by atoms with Crippen LogP contribution in [0.15, 0.2) is 48.7 Å². The monoisotopic (exact) mass is 448 g/mol. The van der Waals surface area contributed by atoms with Gasteiger partial charge in [0.15, 0.2) is 0 Å². The summed E-state index contributed by atoms with van der Waals surface area (Å²) >= 11 is 0. The number of carbonyl (C=O) groups excluding carboxylic acids is 1. The van der Waals surface area contributed by atoms with E-state index in [1.54, 1.807) is 6.07 Å². The van der Waals surface area contributed by atoms with Gasteiger partial charge in [0, 0.05) is 23.4 Å². The molecule has 2 N–H and O–H groups in total. The molecular formula is C25H29FN6O. The number of carbonyl (C=O) groups is 1. The number of aromatic nitrogens is 3. The first-order chi connectivity index (χ1) is 16.0. The van der Waals surface area contributed by atoms with Crippen LogP contribution in [-0.2, 0) is 11.2 Å². The number of likely N-dealkylation sites (tertiary alicyclic amines) is 1. The molecule has 0 unspecified atom stereocenters. The minimum atomic E-state index is -0.380. The van der Waals surface area contributed by atoms with Crippen LogP contribution in [0.2, 0.25) is 0 Å². The maximum Gasteiger partial charge on any atom is 0.238 e. The molecule has 1 amide bonds. The molecule has 1 saturated heterocycles. The largest absolute Gasteiger partial charge is 0.325 e. The molecule has 1 aliphatic rings. The fourth-order valence-electron chi connectivity index (χ4n) is 4.11. The Bertz CT molecular complexity index is 1100. The van der Waals surface area contributed by atoms with Crippen molar-refractivity contribution in [3.8, 4) is 0 Å². The standard InChI is InChI=1S/C25H29FN6O/c1-3-18-6-4-5-7-21(18)29-24(33)16-32-12-10-19(11-13-32)25-28-17(2)14-23(31-25)30-22-9-8-20(26)15-27-22/h4-9,14-15,19H,3,10-13,16H2,1-2H3,(H,29,33)(H,27,28,30,31). The normalized spacial score (nSPS) is 14.8. The molecule has 0 spiro atoms. The van der Waals surface area contributed by atoms with Gasteiger partial charge in [0.25, 0.3) is 0 Å². The highest BCUT2D eigenvalue weighted by atomic mass is 19.1. The number of pyridine rings is 1. The maximum atomic E-state index is 13.1. The number of aryl methyl sites for hydroxylation is 2. The molecule has 1 fully saturated rings. The van der Waals surface area contributed by atoms with Gasteiger partial charge in [0.1, 0.15) is 23.3 Å². The van der Waals surface area contributed by atoms with Gasteiger partial charge in [-0.25, -0.2) is 19.3 Å². The Balaban J connectivity index is 1.33. The fraction of sp³-hybridized carbons (Fsp3) is 0.360. The Labute approximate surface area is 193 Å². The Morgan fingerprint density at radius 1 is 1.12 bits per heavy atom. The Morgan fingerprint density at radius 3 is 2.64 bits per heavy atom. The molecule has 4 rings (SSSR count). The lowest BCUT2D eigenvalue weighted by Crippen LogP contribution is -2.39. The van der Waals surface area contributed by atoms with Crippen LogP contribution in [0.3, 0.4) is 0 Å². The van der Waals surface area contributed by atoms with Gasteiger partial charge in [-0.3, -0.25) is 9.69 Å². The van der Waals surface area contributed by atoms with E-state index in [2.05, 4.69) is 37.4 Å². The summed E-state index contributed by atoms with van der Waals surface area (Å²) in [7, 11) is 0. The highest BCUT2D eigenvalue weighted by Crippen LogP contribution is 2.27. The number of nitrogens with one attached hydrogen (secondary N) is 2. The van der Waals surface area contributed by atoms with Crippen molar-refractivity contribution in [2.45, 2.75) is 39.0 Å². The zero-order valence-electron chi connectivity index (χ0n) is 19.0. The molecule has 172 valence electrons. The van der Waals surface area contributed by atoms with E-state index in [0.29, 0.717) is 18.2 Å². The van der Waals surface area contributed by atoms with E-state index in [1.807, 2.05) is 37.3 Å². The van der Waals surface area contributed by atoms with Gasteiger partial charge in [0.05, 0.1) is 12.7 Å². The fourth-order valence-corrected chi connectivity index (χ4v) is 4.11. The first kappa shape index (κ1) is 22.8. The van der Waals surface area contributed by atoms with Crippen LogP contribution in [0, 0.1) is 12.7 Å². The van der Waals surface area contributed by atoms with Crippen molar-refractivity contribution >= 4 is 23.2 Å². The molecule has 1 aliphatic heterocycles. The highest BCUT2D eigenvalue weighted by molar-refractivity contribution is 5.93. The number of hydrogen-bond donors (Lipinski definition) is 2. The lowest BCUT2D eigenvalue weighted by molar-refractivity contribution is -0.117. The number of amides is 1. The topological polar surface area (TPSA) is 83.0 Å². The van der Waals surface area contributed by atoms with Gasteiger partial charge >= 0.3 is 0 Å². The minimum Gasteiger partial charge on any atom is -0.325 e. The molecule has 33 heavy (non-hydrogen) atoms. The third-order valence-corrected chi connectivity index (χ3v) is 5.85. The van der Waals surface area contributed by atoms with E-state index >= 15 is 0 Å². The number of halogens is 1. The Hall–Kier alpha value is -3.39. The van der Waals surface area contributed by atoms with Crippen molar-refractivity contribution in [1.82, 2.24) is 19.9 Å². The van der Waals surface area contributed by atoms with Crippen LogP contribution in [0.5, 0.6) is 0 Å². The number of piperidine rings is 1. The first-order valence-corrected chi connectivity index (χ1v) is 11.3. The molecule has 1 aromatic carbocycles. The van der Waals surface area contributed by atoms with Crippen LogP contribution >= 0.6 is 0 Å². The quantitative estimate of drug-likeness (QED) is 0.556. The molecule has 0 aliphatic carbocycles. The van der Waals surface area contributed by atoms with E-state index in [9.17, 15) is 9.18 Å². The molecule has 7 nitrogen and oxygen atoms in total. The second kappa shape index (κ2) is 10.5. The van der Waals surface area contributed by atoms with Crippen molar-refractivity contribution in [3.63, 3.8) is 0 Å². The lowest BCUT2D eigenvalue weighted by atomic mass is 9.96. The van der Waals surface area contributed by atoms with Gasteiger partial charge in [-0.2, -0.15) is 0 Å². The predicted octanol–water partition coefficient (Wildman–Crippen LogP) is 4.44. The molecule has 0 atom stereocenters. The SMILES string of the molecule is CCc1ccccc1NC(=O)CN1CCC(c2nc(C)cc(Nc3ccc(F)cn3)n2)CC1. The Kier molecular flexibility index (Phi) is 7.24. The van der Waals surface area contributed by atoms with Crippen LogP contribution in [0.4, 0.5) is 21.7 Å². The van der Waals surface area contributed by atoms with Crippen molar-refractivity contribution in [2.24, 2.45) is 0 Å². The summed E-state index contributed by atoms with van der Waals surface area (Å²) in [6.07, 6.45) is 3.82. The van der Waals surface area contributed by atoms with Crippen molar-refractivity contribution < 1.29 is 9.18 Å². The predicted molar refractivity (Wildman–Crippen MR) is 127 cm³/mol. The number of hydrogen-bond acceptors (Lipinski definition) is 6. The number of anilines is 3. The molecule has 0 bridgehead atoms. The van der Waals surface area contributed by atoms with Crippen molar-refractivity contribution in [2.75, 3.05) is 30.3 Å². The third-order valence-electron chi connectivity index (χ3n) is 5.85. The Morgan fingerprint density at radius 2 is 1.91 bits per heavy atom. The number of rotatable bonds is 7. The molecular weight excluding hydrogens is 419 g/mol. The average molecular weight is 449 g/mol. The summed E-state index contributed by atoms with van der Waals surface area (Å²) in [6.45, 7) is 6.02. The molecule has 0 saturated carbocycles. The summed E-state index contributed by atoms with van der Waals surface area (Å²) in [4.78, 5) is 28.1. The van der Waals surface area contributed by atoms with Gasteiger partial charge in [0.2, 0.25) is 5.91 Å². The zero-order chi connectivity index (χ0) is 23.2. The van der Waals surface area contributed by atoms with Gasteiger partial charge in [-0.05, 0) is 63.0 Å². The first-order valence-electron chi connectivity index (χ1n) is 11.3. The van der Waals surface area contributed by atoms with E-state index in [1.165, 1.54) is 12.3 Å². The third kappa shape index (κ3) is 6.10. The van der Waals surface area contributed by atoms with E-state index in [0.717, 1.165) is 55.1 Å². The smallest absolute Gasteiger partial charge is 0.238 e. The summed E-state index contributed by atoms with van der Waals surface area (Å²) in [6, 6.07) is 12.7. The summed E-state index contributed by atoms with van der Waals surface area (Å²) in [5.74, 6) is 1.83. The molecule has 3 aromatic rings. The van der Waals surface area contributed by atoms with Crippen LogP contribution in [0.1, 0.15) is 42.8 Å². The van der Waals surface area contributed by atoms with Crippen LogP contribution in [0.25, 0.3) is 0 Å². The number of nitrogens with zero attached hydrogens (tertiary/aromatic N) is 4. The van der Waals surface area contributed by atoms with Crippen LogP contribution in [-0.4, -0.2) is 45.4 Å². The second-order valence-corrected chi connectivity index (χ2v) is 8.35. The van der Waals surface area contributed by atoms with Crippen molar-refractivity contribution in [1.29, 1.82) is 0 Å². The summed E-state index contributed by atoms with van der Waals surface area (Å²) in [5, 5.41) is 6.18. The maximum absolute atomic E-state index is 13.1. The van der Waals surface area contributed by atoms with Crippen LogP contribution < -0.4 is 10.6 Å². The van der Waals surface area contributed by atoms with Gasteiger partial charge < -0.3 is 10.6 Å². The second-order valence-electron chi connectivity index (χ2n) is 8.35. The summed E-state index contributed by atoms with van der Waals surface area (Å²) in [5.41, 5.74) is 2.89.